The van der Waals surface area contributed by atoms with Gasteiger partial charge in [0, 0.05) is 19.6 Å². The monoisotopic (exact) mass is 397 g/mol. The molecule has 0 aliphatic carbocycles. The van der Waals surface area contributed by atoms with Crippen LogP contribution in [0.1, 0.15) is 22.5 Å². The maximum Gasteiger partial charge on any atom is 0.231 e. The first-order chi connectivity index (χ1) is 14.0. The van der Waals surface area contributed by atoms with Crippen LogP contribution in [0.5, 0.6) is 11.5 Å². The molecule has 29 heavy (non-hydrogen) atoms. The molecule has 1 aromatic heterocycles. The Hall–Kier alpha value is -2.64. The average Bonchev–Trinajstić information content (AvgIpc) is 3.39. The number of aryl methyl sites for hydroxylation is 2. The van der Waals surface area contributed by atoms with Gasteiger partial charge in [-0.3, -0.25) is 4.90 Å². The van der Waals surface area contributed by atoms with Crippen LogP contribution in [0.15, 0.2) is 30.3 Å². The number of halogens is 1. The number of rotatable bonds is 5. The fourth-order valence-electron chi connectivity index (χ4n) is 3.97. The second kappa shape index (κ2) is 7.31. The SMILES string of the molecule is Cc1cc2nc(CO[C@H]3CN(Cc4ccc5c(c4)OCO5)C[C@H]3F)[nH]c2cc1C. The van der Waals surface area contributed by atoms with Gasteiger partial charge in [0.25, 0.3) is 0 Å². The van der Waals surface area contributed by atoms with Crippen molar-refractivity contribution in [2.75, 3.05) is 19.9 Å². The summed E-state index contributed by atoms with van der Waals surface area (Å²) >= 11 is 0. The van der Waals surface area contributed by atoms with E-state index >= 15 is 0 Å². The maximum absolute atomic E-state index is 14.5. The molecule has 0 radical (unpaired) electrons. The van der Waals surface area contributed by atoms with E-state index in [0.717, 1.165) is 33.9 Å². The third kappa shape index (κ3) is 3.68. The van der Waals surface area contributed by atoms with E-state index in [0.29, 0.717) is 19.6 Å². The number of likely N-dealkylation sites (tertiary alicyclic amines) is 1. The molecule has 0 amide bonds. The van der Waals surface area contributed by atoms with Crippen molar-refractivity contribution in [2.24, 2.45) is 0 Å². The van der Waals surface area contributed by atoms with Crippen molar-refractivity contribution in [3.8, 4) is 11.5 Å². The van der Waals surface area contributed by atoms with Crippen molar-refractivity contribution in [3.05, 3.63) is 52.8 Å². The van der Waals surface area contributed by atoms with E-state index in [-0.39, 0.29) is 13.4 Å². The molecule has 2 aliphatic heterocycles. The number of nitrogens with one attached hydrogen (secondary N) is 1. The van der Waals surface area contributed by atoms with Gasteiger partial charge >= 0.3 is 0 Å². The van der Waals surface area contributed by atoms with Crippen LogP contribution in [0.25, 0.3) is 11.0 Å². The Morgan fingerprint density at radius 3 is 2.86 bits per heavy atom. The van der Waals surface area contributed by atoms with Gasteiger partial charge < -0.3 is 19.2 Å². The molecule has 3 aromatic rings. The van der Waals surface area contributed by atoms with E-state index in [1.807, 2.05) is 18.2 Å². The van der Waals surface area contributed by atoms with Crippen molar-refractivity contribution in [1.29, 1.82) is 0 Å². The molecule has 7 heteroatoms. The first kappa shape index (κ1) is 18.4. The van der Waals surface area contributed by atoms with E-state index in [2.05, 4.69) is 40.8 Å². The minimum absolute atomic E-state index is 0.256. The second-order valence-corrected chi connectivity index (χ2v) is 7.88. The molecule has 3 heterocycles. The highest BCUT2D eigenvalue weighted by Crippen LogP contribution is 2.33. The lowest BCUT2D eigenvalue weighted by molar-refractivity contribution is 0.00863. The zero-order valence-electron chi connectivity index (χ0n) is 16.6. The number of fused-ring (bicyclic) bond motifs is 2. The molecule has 0 unspecified atom stereocenters. The van der Waals surface area contributed by atoms with E-state index in [4.69, 9.17) is 14.2 Å². The highest BCUT2D eigenvalue weighted by Gasteiger charge is 2.34. The minimum Gasteiger partial charge on any atom is -0.454 e. The number of aromatic amines is 1. The van der Waals surface area contributed by atoms with E-state index in [9.17, 15) is 4.39 Å². The van der Waals surface area contributed by atoms with Crippen LogP contribution < -0.4 is 9.47 Å². The number of ether oxygens (including phenoxy) is 3. The number of alkyl halides is 1. The molecule has 0 spiro atoms. The van der Waals surface area contributed by atoms with Crippen LogP contribution in [0.4, 0.5) is 4.39 Å². The molecule has 1 fully saturated rings. The van der Waals surface area contributed by atoms with Crippen molar-refractivity contribution in [1.82, 2.24) is 14.9 Å². The molecule has 2 aromatic carbocycles. The topological polar surface area (TPSA) is 59.6 Å². The normalized spacial score (nSPS) is 21.3. The van der Waals surface area contributed by atoms with Crippen LogP contribution in [0, 0.1) is 13.8 Å². The first-order valence-electron chi connectivity index (χ1n) is 9.87. The number of hydrogen-bond acceptors (Lipinski definition) is 5. The third-order valence-electron chi connectivity index (χ3n) is 5.70. The molecule has 0 saturated carbocycles. The Bertz CT molecular complexity index is 1010. The number of aromatic nitrogens is 2. The molecule has 2 aliphatic rings. The predicted octanol–water partition coefficient (Wildman–Crippen LogP) is 3.65. The van der Waals surface area contributed by atoms with Gasteiger partial charge in [0.2, 0.25) is 6.79 Å². The fourth-order valence-corrected chi connectivity index (χ4v) is 3.97. The lowest BCUT2D eigenvalue weighted by atomic mass is 10.1. The second-order valence-electron chi connectivity index (χ2n) is 7.88. The summed E-state index contributed by atoms with van der Waals surface area (Å²) in [5, 5.41) is 0. The zero-order valence-corrected chi connectivity index (χ0v) is 16.6. The standard InChI is InChI=1S/C22H24FN3O3/c1-13-5-17-18(6-14(13)2)25-22(24-17)11-27-21-10-26(9-16(21)23)8-15-3-4-19-20(7-15)29-12-28-19/h3-7,16,21H,8-12H2,1-2H3,(H,24,25)/t16-,21+/m1/s1. The van der Waals surface area contributed by atoms with Crippen LogP contribution in [-0.4, -0.2) is 47.0 Å². The smallest absolute Gasteiger partial charge is 0.231 e. The number of imidazole rings is 1. The average molecular weight is 397 g/mol. The fraction of sp³-hybridized carbons (Fsp3) is 0.409. The van der Waals surface area contributed by atoms with E-state index in [1.54, 1.807) is 0 Å². The quantitative estimate of drug-likeness (QED) is 0.712. The van der Waals surface area contributed by atoms with Crippen LogP contribution in [0.2, 0.25) is 0 Å². The Morgan fingerprint density at radius 1 is 1.14 bits per heavy atom. The van der Waals surface area contributed by atoms with Gasteiger partial charge in [0.15, 0.2) is 11.5 Å². The zero-order chi connectivity index (χ0) is 20.0. The van der Waals surface area contributed by atoms with Gasteiger partial charge in [0.05, 0.1) is 11.0 Å². The van der Waals surface area contributed by atoms with Gasteiger partial charge in [-0.2, -0.15) is 0 Å². The molecular formula is C22H24FN3O3. The first-order valence-corrected chi connectivity index (χ1v) is 9.87. The van der Waals surface area contributed by atoms with E-state index in [1.165, 1.54) is 11.1 Å². The van der Waals surface area contributed by atoms with Crippen LogP contribution in [-0.2, 0) is 17.9 Å². The van der Waals surface area contributed by atoms with Crippen molar-refractivity contribution in [2.45, 2.75) is 39.3 Å². The third-order valence-corrected chi connectivity index (χ3v) is 5.70. The number of nitrogens with zero attached hydrogens (tertiary/aromatic N) is 2. The Morgan fingerprint density at radius 2 is 1.97 bits per heavy atom. The molecule has 2 atom stereocenters. The number of H-pyrrole nitrogens is 1. The van der Waals surface area contributed by atoms with Crippen molar-refractivity contribution >= 4 is 11.0 Å². The van der Waals surface area contributed by atoms with Gasteiger partial charge in [-0.15, -0.1) is 0 Å². The Labute approximate surface area is 168 Å². The molecule has 1 saturated heterocycles. The van der Waals surface area contributed by atoms with Crippen LogP contribution in [0.3, 0.4) is 0 Å². The Balaban J connectivity index is 1.20. The summed E-state index contributed by atoms with van der Waals surface area (Å²) in [6.07, 6.45) is -1.47. The summed E-state index contributed by atoms with van der Waals surface area (Å²) in [4.78, 5) is 9.93. The highest BCUT2D eigenvalue weighted by molar-refractivity contribution is 5.77. The number of hydrogen-bond donors (Lipinski definition) is 1. The molecule has 152 valence electrons. The van der Waals surface area contributed by atoms with Gasteiger partial charge in [0.1, 0.15) is 24.7 Å². The lowest BCUT2D eigenvalue weighted by Crippen LogP contribution is -2.24. The maximum atomic E-state index is 14.5. The predicted molar refractivity (Wildman–Crippen MR) is 107 cm³/mol. The van der Waals surface area contributed by atoms with Gasteiger partial charge in [-0.05, 0) is 54.8 Å². The Kier molecular flexibility index (Phi) is 4.64. The lowest BCUT2D eigenvalue weighted by Gasteiger charge is -2.16. The summed E-state index contributed by atoms with van der Waals surface area (Å²) in [6, 6.07) is 10.0. The minimum atomic E-state index is -1.02. The molecule has 1 N–H and O–H groups in total. The summed E-state index contributed by atoms with van der Waals surface area (Å²) in [6.45, 7) is 6.24. The summed E-state index contributed by atoms with van der Waals surface area (Å²) in [5.41, 5.74) is 5.39. The molecular weight excluding hydrogens is 373 g/mol. The molecule has 6 nitrogen and oxygen atoms in total. The molecule has 0 bridgehead atoms. The highest BCUT2D eigenvalue weighted by atomic mass is 19.1. The van der Waals surface area contributed by atoms with Crippen molar-refractivity contribution in [3.63, 3.8) is 0 Å². The van der Waals surface area contributed by atoms with Gasteiger partial charge in [-0.25, -0.2) is 9.37 Å². The van der Waals surface area contributed by atoms with E-state index < -0.39 is 12.3 Å². The van der Waals surface area contributed by atoms with Crippen LogP contribution >= 0.6 is 0 Å². The number of benzene rings is 2. The summed E-state index contributed by atoms with van der Waals surface area (Å²) in [7, 11) is 0. The van der Waals surface area contributed by atoms with Crippen molar-refractivity contribution < 1.29 is 18.6 Å². The molecule has 5 rings (SSSR count). The largest absolute Gasteiger partial charge is 0.454 e. The summed E-state index contributed by atoms with van der Waals surface area (Å²) < 4.78 is 31.2. The van der Waals surface area contributed by atoms with Gasteiger partial charge in [-0.1, -0.05) is 6.07 Å². The summed E-state index contributed by atoms with van der Waals surface area (Å²) in [5.74, 6) is 2.24.